The molecule has 0 aromatic heterocycles. The second-order valence-electron chi connectivity index (χ2n) is 4.45. The predicted molar refractivity (Wildman–Crippen MR) is 83.3 cm³/mol. The number of thioether (sulfide) groups is 1. The van der Waals surface area contributed by atoms with Crippen LogP contribution < -0.4 is 0 Å². The minimum Gasteiger partial charge on any atom is -0.504 e. The van der Waals surface area contributed by atoms with Gasteiger partial charge in [0.25, 0.3) is 5.91 Å². The first-order valence-electron chi connectivity index (χ1n) is 6.23. The predicted octanol–water partition coefficient (Wildman–Crippen LogP) is 3.16. The molecule has 0 fully saturated rings. The zero-order chi connectivity index (χ0) is 14.8. The van der Waals surface area contributed by atoms with Gasteiger partial charge in [0, 0.05) is 5.56 Å². The van der Waals surface area contributed by atoms with Gasteiger partial charge in [-0.2, -0.15) is 0 Å². The number of nitrogens with zero attached hydrogens (tertiary/aromatic N) is 1. The molecule has 0 saturated heterocycles. The normalized spacial score (nSPS) is 16.3. The Kier molecular flexibility index (Phi) is 3.50. The van der Waals surface area contributed by atoms with Crippen LogP contribution in [0.2, 0.25) is 0 Å². The van der Waals surface area contributed by atoms with Gasteiger partial charge in [-0.15, -0.1) is 0 Å². The number of aromatic hydroxyl groups is 2. The number of rotatable bonds is 2. The maximum atomic E-state index is 11.9. The van der Waals surface area contributed by atoms with E-state index in [9.17, 15) is 15.0 Å². The number of hydrogen-bond donors (Lipinski definition) is 2. The van der Waals surface area contributed by atoms with Gasteiger partial charge in [-0.25, -0.2) is 4.99 Å². The van der Waals surface area contributed by atoms with Crippen molar-refractivity contribution in [3.8, 4) is 11.5 Å². The molecule has 0 spiro atoms. The molecule has 2 N–H and O–H groups in total. The lowest BCUT2D eigenvalue weighted by atomic mass is 10.2. The minimum absolute atomic E-state index is 0.191. The number of hydrogen-bond acceptors (Lipinski definition) is 4. The van der Waals surface area contributed by atoms with E-state index in [1.54, 1.807) is 12.1 Å². The van der Waals surface area contributed by atoms with Crippen LogP contribution in [-0.4, -0.2) is 21.2 Å². The number of phenols is 2. The van der Waals surface area contributed by atoms with E-state index >= 15 is 0 Å². The summed E-state index contributed by atoms with van der Waals surface area (Å²) in [5.74, 6) is -0.709. The van der Waals surface area contributed by atoms with E-state index in [0.717, 1.165) is 5.56 Å². The fourth-order valence-electron chi connectivity index (χ4n) is 1.89. The first-order valence-corrected chi connectivity index (χ1v) is 7.05. The summed E-state index contributed by atoms with van der Waals surface area (Å²) in [4.78, 5) is 16.4. The molecule has 1 heterocycles. The van der Waals surface area contributed by atoms with E-state index in [1.165, 1.54) is 23.9 Å². The third-order valence-corrected chi connectivity index (χ3v) is 3.97. The average molecular weight is 297 g/mol. The lowest BCUT2D eigenvalue weighted by molar-refractivity contribution is -0.113. The number of carbonyl (C=O) groups excluding carboxylic acids is 1. The molecular formula is C16H11NO3S. The molecule has 0 radical (unpaired) electrons. The summed E-state index contributed by atoms with van der Waals surface area (Å²) in [5.41, 5.74) is 1.53. The summed E-state index contributed by atoms with van der Waals surface area (Å²) in [7, 11) is 0. The Hall–Kier alpha value is -2.53. The van der Waals surface area contributed by atoms with Gasteiger partial charge in [-0.3, -0.25) is 4.79 Å². The molecule has 4 nitrogen and oxygen atoms in total. The maximum Gasteiger partial charge on any atom is 0.284 e. The molecular weight excluding hydrogens is 286 g/mol. The smallest absolute Gasteiger partial charge is 0.284 e. The van der Waals surface area contributed by atoms with Gasteiger partial charge in [0.2, 0.25) is 0 Å². The molecule has 0 atom stereocenters. The van der Waals surface area contributed by atoms with Gasteiger partial charge in [0.05, 0.1) is 4.91 Å². The maximum absolute atomic E-state index is 11.9. The van der Waals surface area contributed by atoms with Crippen molar-refractivity contribution in [3.05, 3.63) is 64.6 Å². The zero-order valence-corrected chi connectivity index (χ0v) is 11.7. The second-order valence-corrected chi connectivity index (χ2v) is 5.48. The zero-order valence-electron chi connectivity index (χ0n) is 10.9. The molecule has 0 aliphatic carbocycles. The van der Waals surface area contributed by atoms with Crippen LogP contribution in [0.15, 0.2) is 58.4 Å². The molecule has 3 rings (SSSR count). The van der Waals surface area contributed by atoms with Crippen LogP contribution in [0.5, 0.6) is 11.5 Å². The molecule has 21 heavy (non-hydrogen) atoms. The topological polar surface area (TPSA) is 69.9 Å². The lowest BCUT2D eigenvalue weighted by Gasteiger charge is -2.00. The van der Waals surface area contributed by atoms with Gasteiger partial charge in [-0.05, 0) is 23.8 Å². The van der Waals surface area contributed by atoms with E-state index in [1.807, 2.05) is 30.3 Å². The summed E-state index contributed by atoms with van der Waals surface area (Å²) in [6.45, 7) is 0. The Morgan fingerprint density at radius 3 is 2.48 bits per heavy atom. The molecule has 1 aliphatic rings. The summed E-state index contributed by atoms with van der Waals surface area (Å²) in [6, 6.07) is 13.9. The van der Waals surface area contributed by atoms with Crippen molar-refractivity contribution in [3.63, 3.8) is 0 Å². The van der Waals surface area contributed by atoms with E-state index in [0.29, 0.717) is 15.5 Å². The van der Waals surface area contributed by atoms with Gasteiger partial charge in [-0.1, -0.05) is 48.2 Å². The number of phenolic OH excluding ortho intramolecular Hbond substituents is 2. The van der Waals surface area contributed by atoms with Crippen molar-refractivity contribution in [1.29, 1.82) is 0 Å². The fraction of sp³-hybridized carbons (Fsp3) is 0. The van der Waals surface area contributed by atoms with Crippen molar-refractivity contribution in [2.45, 2.75) is 0 Å². The molecule has 5 heteroatoms. The van der Waals surface area contributed by atoms with Crippen molar-refractivity contribution in [2.24, 2.45) is 4.99 Å². The van der Waals surface area contributed by atoms with Crippen LogP contribution in [0.25, 0.3) is 6.08 Å². The van der Waals surface area contributed by atoms with Crippen LogP contribution in [0.3, 0.4) is 0 Å². The summed E-state index contributed by atoms with van der Waals surface area (Å²) >= 11 is 1.29. The van der Waals surface area contributed by atoms with Crippen LogP contribution in [0.4, 0.5) is 0 Å². The molecule has 0 bridgehead atoms. The Morgan fingerprint density at radius 2 is 1.76 bits per heavy atom. The number of aliphatic imine (C=N–C) groups is 1. The van der Waals surface area contributed by atoms with Gasteiger partial charge in [0.15, 0.2) is 11.5 Å². The first-order chi connectivity index (χ1) is 10.1. The highest BCUT2D eigenvalue weighted by Gasteiger charge is 2.22. The van der Waals surface area contributed by atoms with Gasteiger partial charge < -0.3 is 10.2 Å². The summed E-state index contributed by atoms with van der Waals surface area (Å²) < 4.78 is 0. The minimum atomic E-state index is -0.300. The van der Waals surface area contributed by atoms with Gasteiger partial charge in [0.1, 0.15) is 5.04 Å². The molecule has 1 amide bonds. The fourth-order valence-corrected chi connectivity index (χ4v) is 2.81. The van der Waals surface area contributed by atoms with E-state index in [-0.39, 0.29) is 17.4 Å². The molecule has 0 saturated carbocycles. The van der Waals surface area contributed by atoms with E-state index in [2.05, 4.69) is 4.99 Å². The Balaban J connectivity index is 1.87. The van der Waals surface area contributed by atoms with Crippen molar-refractivity contribution in [1.82, 2.24) is 0 Å². The Morgan fingerprint density at radius 1 is 1.00 bits per heavy atom. The van der Waals surface area contributed by atoms with Crippen molar-refractivity contribution < 1.29 is 15.0 Å². The number of amides is 1. The van der Waals surface area contributed by atoms with Gasteiger partial charge >= 0.3 is 0 Å². The Bertz CT molecular complexity index is 766. The average Bonchev–Trinajstić information content (AvgIpc) is 2.85. The standard InChI is InChI=1S/C16H11NO3S/c18-12-7-6-10(8-13(12)19)9-14-15(20)17-16(21-14)11-4-2-1-3-5-11/h1-9,18-19H. The third kappa shape index (κ3) is 2.83. The highest BCUT2D eigenvalue weighted by molar-refractivity contribution is 8.19. The molecule has 2 aromatic carbocycles. The SMILES string of the molecule is O=C1N=C(c2ccccc2)SC1=Cc1ccc(O)c(O)c1. The highest BCUT2D eigenvalue weighted by atomic mass is 32.2. The van der Waals surface area contributed by atoms with Crippen molar-refractivity contribution >= 4 is 28.8 Å². The monoisotopic (exact) mass is 297 g/mol. The first kappa shape index (κ1) is 13.5. The quantitative estimate of drug-likeness (QED) is 0.660. The molecule has 1 aliphatic heterocycles. The lowest BCUT2D eigenvalue weighted by Crippen LogP contribution is -1.89. The molecule has 2 aromatic rings. The van der Waals surface area contributed by atoms with Crippen LogP contribution in [-0.2, 0) is 4.79 Å². The highest BCUT2D eigenvalue weighted by Crippen LogP contribution is 2.33. The largest absolute Gasteiger partial charge is 0.504 e. The third-order valence-electron chi connectivity index (χ3n) is 2.94. The van der Waals surface area contributed by atoms with Crippen LogP contribution in [0.1, 0.15) is 11.1 Å². The Labute approximate surface area is 125 Å². The summed E-state index contributed by atoms with van der Waals surface area (Å²) in [6.07, 6.45) is 1.64. The van der Waals surface area contributed by atoms with Crippen LogP contribution in [0, 0.1) is 0 Å². The summed E-state index contributed by atoms with van der Waals surface area (Å²) in [5, 5.41) is 19.4. The van der Waals surface area contributed by atoms with E-state index < -0.39 is 0 Å². The van der Waals surface area contributed by atoms with Crippen molar-refractivity contribution in [2.75, 3.05) is 0 Å². The van der Waals surface area contributed by atoms with Crippen LogP contribution >= 0.6 is 11.8 Å². The number of benzene rings is 2. The second kappa shape index (κ2) is 5.46. The molecule has 104 valence electrons. The van der Waals surface area contributed by atoms with E-state index in [4.69, 9.17) is 0 Å². The number of carbonyl (C=O) groups is 1. The molecule has 0 unspecified atom stereocenters.